The molecule has 1 N–H and O–H groups in total. The molecule has 4 nitrogen and oxygen atoms in total. The summed E-state index contributed by atoms with van der Waals surface area (Å²) >= 11 is 0. The minimum Gasteiger partial charge on any atom is -0.449 e. The Balaban J connectivity index is 3.27. The summed E-state index contributed by atoms with van der Waals surface area (Å²) in [5.41, 5.74) is 0. The van der Waals surface area contributed by atoms with E-state index in [9.17, 15) is 4.79 Å². The molecule has 0 aliphatic rings. The van der Waals surface area contributed by atoms with E-state index in [1.807, 2.05) is 27.9 Å². The summed E-state index contributed by atoms with van der Waals surface area (Å²) in [5.74, 6) is 0.391. The Bertz CT molecular complexity index is 158. The van der Waals surface area contributed by atoms with Gasteiger partial charge in [-0.25, -0.2) is 4.79 Å². The van der Waals surface area contributed by atoms with Crippen LogP contribution in [0.25, 0.3) is 0 Å². The van der Waals surface area contributed by atoms with Gasteiger partial charge in [-0.05, 0) is 33.0 Å². The fourth-order valence-corrected chi connectivity index (χ4v) is 0.879. The van der Waals surface area contributed by atoms with E-state index in [1.165, 1.54) is 0 Å². The van der Waals surface area contributed by atoms with E-state index >= 15 is 0 Å². The van der Waals surface area contributed by atoms with Crippen LogP contribution >= 0.6 is 0 Å². The van der Waals surface area contributed by atoms with Gasteiger partial charge in [0.15, 0.2) is 0 Å². The highest BCUT2D eigenvalue weighted by atomic mass is 16.5. The topological polar surface area (TPSA) is 41.6 Å². The molecule has 0 saturated heterocycles. The molecule has 4 heteroatoms. The molecule has 0 unspecified atom stereocenters. The van der Waals surface area contributed by atoms with Crippen molar-refractivity contribution < 1.29 is 9.53 Å². The first-order chi connectivity index (χ1) is 6.52. The van der Waals surface area contributed by atoms with Crippen LogP contribution in [-0.4, -0.2) is 44.8 Å². The standard InChI is InChI=1S/C10H22N2O2/c1-9(2)8-14-10(13)11-6-5-7-12(3)4/h9H,5-8H2,1-4H3,(H,11,13). The van der Waals surface area contributed by atoms with Crippen molar-refractivity contribution in [1.29, 1.82) is 0 Å². The number of alkyl carbamates (subject to hydrolysis) is 1. The summed E-state index contributed by atoms with van der Waals surface area (Å²) in [4.78, 5) is 13.1. The Hall–Kier alpha value is -0.770. The molecule has 0 bridgehead atoms. The largest absolute Gasteiger partial charge is 0.449 e. The van der Waals surface area contributed by atoms with Crippen LogP contribution in [0.15, 0.2) is 0 Å². The van der Waals surface area contributed by atoms with Crippen LogP contribution in [0.4, 0.5) is 4.79 Å². The van der Waals surface area contributed by atoms with Crippen LogP contribution in [0, 0.1) is 5.92 Å². The number of carbonyl (C=O) groups excluding carboxylic acids is 1. The molecule has 0 aliphatic carbocycles. The van der Waals surface area contributed by atoms with Crippen molar-refractivity contribution in [3.8, 4) is 0 Å². The van der Waals surface area contributed by atoms with E-state index in [0.29, 0.717) is 19.1 Å². The minimum atomic E-state index is -0.308. The molecule has 0 aromatic rings. The monoisotopic (exact) mass is 202 g/mol. The third kappa shape index (κ3) is 9.32. The Kier molecular flexibility index (Phi) is 7.20. The van der Waals surface area contributed by atoms with Crippen molar-refractivity contribution in [2.45, 2.75) is 20.3 Å². The lowest BCUT2D eigenvalue weighted by Crippen LogP contribution is -2.28. The van der Waals surface area contributed by atoms with Crippen molar-refractivity contribution in [3.63, 3.8) is 0 Å². The number of hydrogen-bond donors (Lipinski definition) is 1. The highest BCUT2D eigenvalue weighted by Crippen LogP contribution is 1.92. The maximum Gasteiger partial charge on any atom is 0.407 e. The van der Waals surface area contributed by atoms with Crippen LogP contribution in [0.2, 0.25) is 0 Å². The molecular formula is C10H22N2O2. The molecular weight excluding hydrogens is 180 g/mol. The molecule has 0 heterocycles. The molecule has 0 spiro atoms. The van der Waals surface area contributed by atoms with Crippen molar-refractivity contribution in [2.75, 3.05) is 33.8 Å². The number of carbonyl (C=O) groups is 1. The lowest BCUT2D eigenvalue weighted by atomic mass is 10.2. The maximum absolute atomic E-state index is 11.0. The fourth-order valence-electron chi connectivity index (χ4n) is 0.879. The van der Waals surface area contributed by atoms with Gasteiger partial charge in [-0.15, -0.1) is 0 Å². The van der Waals surface area contributed by atoms with Gasteiger partial charge in [0.1, 0.15) is 0 Å². The molecule has 0 aromatic heterocycles. The third-order valence-corrected chi connectivity index (χ3v) is 1.60. The van der Waals surface area contributed by atoms with Gasteiger partial charge in [0.25, 0.3) is 0 Å². The number of hydrogen-bond acceptors (Lipinski definition) is 3. The predicted molar refractivity (Wildman–Crippen MR) is 57.4 cm³/mol. The van der Waals surface area contributed by atoms with Crippen molar-refractivity contribution in [1.82, 2.24) is 10.2 Å². The SMILES string of the molecule is CC(C)COC(=O)NCCCN(C)C. The van der Waals surface area contributed by atoms with E-state index in [-0.39, 0.29) is 6.09 Å². The lowest BCUT2D eigenvalue weighted by Gasteiger charge is -2.10. The summed E-state index contributed by atoms with van der Waals surface area (Å²) < 4.78 is 4.95. The lowest BCUT2D eigenvalue weighted by molar-refractivity contribution is 0.132. The third-order valence-electron chi connectivity index (χ3n) is 1.60. The number of nitrogens with one attached hydrogen (secondary N) is 1. The van der Waals surface area contributed by atoms with E-state index < -0.39 is 0 Å². The summed E-state index contributed by atoms with van der Waals surface area (Å²) in [5, 5.41) is 2.71. The van der Waals surface area contributed by atoms with Crippen LogP contribution in [-0.2, 0) is 4.74 Å². The molecule has 0 radical (unpaired) electrons. The van der Waals surface area contributed by atoms with Gasteiger partial charge in [0, 0.05) is 6.54 Å². The van der Waals surface area contributed by atoms with Gasteiger partial charge in [-0.3, -0.25) is 0 Å². The molecule has 0 rings (SSSR count). The Morgan fingerprint density at radius 2 is 2.07 bits per heavy atom. The smallest absolute Gasteiger partial charge is 0.407 e. The van der Waals surface area contributed by atoms with Crippen LogP contribution in [0.5, 0.6) is 0 Å². The Labute approximate surface area is 86.6 Å². The normalized spacial score (nSPS) is 10.7. The molecule has 0 saturated carbocycles. The summed E-state index contributed by atoms with van der Waals surface area (Å²) in [7, 11) is 4.02. The second kappa shape index (κ2) is 7.62. The zero-order valence-corrected chi connectivity index (χ0v) is 9.67. The average molecular weight is 202 g/mol. The zero-order valence-electron chi connectivity index (χ0n) is 9.67. The quantitative estimate of drug-likeness (QED) is 0.660. The van der Waals surface area contributed by atoms with E-state index in [4.69, 9.17) is 4.74 Å². The van der Waals surface area contributed by atoms with Crippen molar-refractivity contribution in [3.05, 3.63) is 0 Å². The predicted octanol–water partition coefficient (Wildman–Crippen LogP) is 1.32. The van der Waals surface area contributed by atoms with Crippen LogP contribution in [0.1, 0.15) is 20.3 Å². The van der Waals surface area contributed by atoms with Crippen LogP contribution < -0.4 is 5.32 Å². The molecule has 0 fully saturated rings. The number of amides is 1. The van der Waals surface area contributed by atoms with Gasteiger partial charge < -0.3 is 15.0 Å². The summed E-state index contributed by atoms with van der Waals surface area (Å²) in [6.45, 7) is 6.16. The molecule has 14 heavy (non-hydrogen) atoms. The summed E-state index contributed by atoms with van der Waals surface area (Å²) in [6, 6.07) is 0. The van der Waals surface area contributed by atoms with Gasteiger partial charge in [-0.2, -0.15) is 0 Å². The van der Waals surface area contributed by atoms with Gasteiger partial charge in [-0.1, -0.05) is 13.8 Å². The van der Waals surface area contributed by atoms with Crippen molar-refractivity contribution >= 4 is 6.09 Å². The van der Waals surface area contributed by atoms with Gasteiger partial charge >= 0.3 is 6.09 Å². The maximum atomic E-state index is 11.0. The van der Waals surface area contributed by atoms with Crippen molar-refractivity contribution in [2.24, 2.45) is 5.92 Å². The minimum absolute atomic E-state index is 0.308. The first kappa shape index (κ1) is 13.2. The zero-order chi connectivity index (χ0) is 11.0. The van der Waals surface area contributed by atoms with Gasteiger partial charge in [0.05, 0.1) is 6.61 Å². The molecule has 84 valence electrons. The second-order valence-electron chi connectivity index (χ2n) is 4.08. The van der Waals surface area contributed by atoms with E-state index in [0.717, 1.165) is 13.0 Å². The first-order valence-electron chi connectivity index (χ1n) is 5.07. The molecule has 1 amide bonds. The number of rotatable bonds is 6. The average Bonchev–Trinajstić information content (AvgIpc) is 2.08. The first-order valence-corrected chi connectivity index (χ1v) is 5.07. The van der Waals surface area contributed by atoms with E-state index in [1.54, 1.807) is 0 Å². The Morgan fingerprint density at radius 3 is 2.57 bits per heavy atom. The van der Waals surface area contributed by atoms with Crippen LogP contribution in [0.3, 0.4) is 0 Å². The molecule has 0 atom stereocenters. The molecule has 0 aromatic carbocycles. The summed E-state index contributed by atoms with van der Waals surface area (Å²) in [6.07, 6.45) is 0.640. The van der Waals surface area contributed by atoms with Gasteiger partial charge in [0.2, 0.25) is 0 Å². The highest BCUT2D eigenvalue weighted by Gasteiger charge is 2.02. The number of nitrogens with zero attached hydrogens (tertiary/aromatic N) is 1. The second-order valence-corrected chi connectivity index (χ2v) is 4.08. The Morgan fingerprint density at radius 1 is 1.43 bits per heavy atom. The fraction of sp³-hybridized carbons (Fsp3) is 0.900. The number of ether oxygens (including phenoxy) is 1. The highest BCUT2D eigenvalue weighted by molar-refractivity contribution is 5.66. The molecule has 0 aliphatic heterocycles. The van der Waals surface area contributed by atoms with E-state index in [2.05, 4.69) is 10.2 Å².